The molecule has 0 atom stereocenters. The van der Waals surface area contributed by atoms with E-state index in [2.05, 4.69) is 27.2 Å². The van der Waals surface area contributed by atoms with Crippen molar-refractivity contribution >= 4 is 38.2 Å². The molecule has 0 amide bonds. The molecule has 0 unspecified atom stereocenters. The minimum absolute atomic E-state index is 0.323. The summed E-state index contributed by atoms with van der Waals surface area (Å²) in [4.78, 5) is 14.7. The molecule has 3 aromatic heterocycles. The predicted molar refractivity (Wildman–Crippen MR) is 120 cm³/mol. The molecule has 6 nitrogen and oxygen atoms in total. The average Bonchev–Trinajstić information content (AvgIpc) is 3.37. The lowest BCUT2D eigenvalue weighted by molar-refractivity contribution is 0.210. The van der Waals surface area contributed by atoms with Crippen molar-refractivity contribution in [2.24, 2.45) is 0 Å². The summed E-state index contributed by atoms with van der Waals surface area (Å²) in [5.41, 5.74) is 3.73. The molecule has 1 saturated carbocycles. The molecule has 3 heterocycles. The monoisotopic (exact) mass is 407 g/mol. The Kier molecular flexibility index (Phi) is 5.76. The van der Waals surface area contributed by atoms with E-state index in [0.29, 0.717) is 6.10 Å². The van der Waals surface area contributed by atoms with Gasteiger partial charge in [0.1, 0.15) is 21.9 Å². The van der Waals surface area contributed by atoms with Crippen LogP contribution in [0.15, 0.2) is 48.8 Å². The second kappa shape index (κ2) is 8.61. The quantitative estimate of drug-likeness (QED) is 0.519. The van der Waals surface area contributed by atoms with E-state index in [-0.39, 0.29) is 0 Å². The molecule has 2 N–H and O–H groups in total. The Hall–Kier alpha value is -2.93. The number of allylic oxidation sites excluding steroid dienone is 3. The summed E-state index contributed by atoms with van der Waals surface area (Å²) in [6.45, 7) is 5.92. The first-order chi connectivity index (χ1) is 14.2. The van der Waals surface area contributed by atoms with Crippen molar-refractivity contribution in [3.05, 3.63) is 54.5 Å². The van der Waals surface area contributed by atoms with Gasteiger partial charge in [0.25, 0.3) is 0 Å². The number of anilines is 2. The van der Waals surface area contributed by atoms with E-state index >= 15 is 0 Å². The average molecular weight is 408 g/mol. The van der Waals surface area contributed by atoms with Crippen molar-refractivity contribution in [3.63, 3.8) is 0 Å². The first-order valence-corrected chi connectivity index (χ1v) is 10.7. The zero-order valence-electron chi connectivity index (χ0n) is 16.7. The number of nitrogens with zero attached hydrogens (tertiary/aromatic N) is 3. The second-order valence-electron chi connectivity index (χ2n) is 7.06. The molecule has 0 radical (unpaired) electrons. The highest BCUT2D eigenvalue weighted by Gasteiger charge is 2.17. The third-order valence-corrected chi connectivity index (χ3v) is 5.97. The number of ether oxygens (including phenoxy) is 1. The lowest BCUT2D eigenvalue weighted by Gasteiger charge is -2.13. The second-order valence-corrected chi connectivity index (χ2v) is 8.04. The van der Waals surface area contributed by atoms with Gasteiger partial charge in [-0.25, -0.2) is 15.0 Å². The van der Waals surface area contributed by atoms with Crippen molar-refractivity contribution < 1.29 is 4.74 Å². The van der Waals surface area contributed by atoms with E-state index in [1.807, 2.05) is 44.3 Å². The van der Waals surface area contributed by atoms with Crippen LogP contribution >= 0.6 is 11.3 Å². The van der Waals surface area contributed by atoms with Gasteiger partial charge in [-0.2, -0.15) is 0 Å². The van der Waals surface area contributed by atoms with Crippen LogP contribution in [0.4, 0.5) is 10.9 Å². The molecule has 0 spiro atoms. The van der Waals surface area contributed by atoms with Crippen LogP contribution in [0.5, 0.6) is 5.75 Å². The van der Waals surface area contributed by atoms with Crippen LogP contribution in [0.1, 0.15) is 38.3 Å². The van der Waals surface area contributed by atoms with Crippen molar-refractivity contribution in [3.8, 4) is 5.75 Å². The van der Waals surface area contributed by atoms with Crippen molar-refractivity contribution in [2.75, 3.05) is 12.4 Å². The van der Waals surface area contributed by atoms with Gasteiger partial charge in [0.05, 0.1) is 11.8 Å². The van der Waals surface area contributed by atoms with Gasteiger partial charge in [0.15, 0.2) is 5.13 Å². The Bertz CT molecular complexity index is 1050. The molecule has 0 aromatic carbocycles. The summed E-state index contributed by atoms with van der Waals surface area (Å²) in [6.07, 6.45) is 8.66. The van der Waals surface area contributed by atoms with E-state index in [0.717, 1.165) is 56.9 Å². The standard InChI is InChI=1S/C22H25N5OS/c1-4-17(14(2)23-3)18-9-10-19-21(25-18)29-22(26-19)27-20-13-16(11-12-24-20)28-15-7-5-6-8-15/h4,9-13,15,23H,1,5-8H2,2-3H3,(H,24,26,27)/b17-14+. The van der Waals surface area contributed by atoms with Crippen LogP contribution in [0.2, 0.25) is 0 Å². The van der Waals surface area contributed by atoms with Crippen LogP contribution in [0, 0.1) is 0 Å². The van der Waals surface area contributed by atoms with Crippen molar-refractivity contribution in [2.45, 2.75) is 38.7 Å². The Labute approximate surface area is 174 Å². The molecular weight excluding hydrogens is 382 g/mol. The van der Waals surface area contributed by atoms with Gasteiger partial charge in [-0.05, 0) is 50.8 Å². The Morgan fingerprint density at radius 1 is 1.24 bits per heavy atom. The van der Waals surface area contributed by atoms with E-state index in [1.54, 1.807) is 6.20 Å². The number of thiazole rings is 1. The summed E-state index contributed by atoms with van der Waals surface area (Å²) in [6, 6.07) is 7.79. The van der Waals surface area contributed by atoms with Crippen LogP contribution in [-0.4, -0.2) is 28.1 Å². The fourth-order valence-electron chi connectivity index (χ4n) is 3.47. The molecule has 1 aliphatic carbocycles. The van der Waals surface area contributed by atoms with Gasteiger partial charge in [-0.1, -0.05) is 24.0 Å². The smallest absolute Gasteiger partial charge is 0.190 e. The fourth-order valence-corrected chi connectivity index (χ4v) is 4.31. The molecule has 0 saturated heterocycles. The first kappa shape index (κ1) is 19.4. The van der Waals surface area contributed by atoms with E-state index in [4.69, 9.17) is 9.72 Å². The summed E-state index contributed by atoms with van der Waals surface area (Å²) in [5, 5.41) is 7.20. The van der Waals surface area contributed by atoms with E-state index < -0.39 is 0 Å². The molecule has 7 heteroatoms. The van der Waals surface area contributed by atoms with Crippen LogP contribution in [-0.2, 0) is 0 Å². The summed E-state index contributed by atoms with van der Waals surface area (Å²) in [5.74, 6) is 1.57. The normalized spacial score (nSPS) is 15.2. The van der Waals surface area contributed by atoms with Crippen molar-refractivity contribution in [1.82, 2.24) is 20.3 Å². The highest BCUT2D eigenvalue weighted by atomic mass is 32.1. The number of hydrogen-bond donors (Lipinski definition) is 2. The summed E-state index contributed by atoms with van der Waals surface area (Å²) in [7, 11) is 1.89. The molecule has 29 heavy (non-hydrogen) atoms. The van der Waals surface area contributed by atoms with E-state index in [9.17, 15) is 0 Å². The summed E-state index contributed by atoms with van der Waals surface area (Å²) < 4.78 is 6.07. The highest BCUT2D eigenvalue weighted by Crippen LogP contribution is 2.30. The maximum atomic E-state index is 6.07. The lowest BCUT2D eigenvalue weighted by Crippen LogP contribution is -2.11. The Morgan fingerprint density at radius 3 is 2.83 bits per heavy atom. The third kappa shape index (κ3) is 4.40. The fraction of sp³-hybridized carbons (Fsp3) is 0.318. The topological polar surface area (TPSA) is 72.0 Å². The number of nitrogens with one attached hydrogen (secondary N) is 2. The van der Waals surface area contributed by atoms with Gasteiger partial charge in [0, 0.05) is 30.6 Å². The van der Waals surface area contributed by atoms with Crippen LogP contribution in [0.3, 0.4) is 0 Å². The maximum absolute atomic E-state index is 6.07. The van der Waals surface area contributed by atoms with Crippen LogP contribution in [0.25, 0.3) is 15.9 Å². The van der Waals surface area contributed by atoms with E-state index in [1.165, 1.54) is 24.2 Å². The largest absolute Gasteiger partial charge is 0.490 e. The minimum Gasteiger partial charge on any atom is -0.490 e. The van der Waals surface area contributed by atoms with Crippen molar-refractivity contribution in [1.29, 1.82) is 0 Å². The van der Waals surface area contributed by atoms with Crippen LogP contribution < -0.4 is 15.4 Å². The lowest BCUT2D eigenvalue weighted by atomic mass is 10.1. The zero-order chi connectivity index (χ0) is 20.2. The molecule has 0 aliphatic heterocycles. The number of aromatic nitrogens is 3. The van der Waals surface area contributed by atoms with Gasteiger partial charge < -0.3 is 15.4 Å². The molecule has 1 aliphatic rings. The number of rotatable bonds is 7. The van der Waals surface area contributed by atoms with Gasteiger partial charge in [-0.3, -0.25) is 0 Å². The Morgan fingerprint density at radius 2 is 2.07 bits per heavy atom. The number of pyridine rings is 2. The molecule has 150 valence electrons. The molecule has 1 fully saturated rings. The molecule has 4 rings (SSSR count). The summed E-state index contributed by atoms with van der Waals surface area (Å²) >= 11 is 1.50. The Balaban J connectivity index is 1.55. The first-order valence-electron chi connectivity index (χ1n) is 9.85. The third-order valence-electron chi connectivity index (χ3n) is 5.09. The molecular formula is C22H25N5OS. The SMILES string of the molecule is C=C/C(=C(/C)NC)c1ccc2nc(Nc3cc(OC4CCCC4)ccn3)sc2n1. The highest BCUT2D eigenvalue weighted by molar-refractivity contribution is 7.21. The molecule has 3 aromatic rings. The van der Waals surface area contributed by atoms with Gasteiger partial charge in [0.2, 0.25) is 0 Å². The zero-order valence-corrected chi connectivity index (χ0v) is 17.6. The van der Waals surface area contributed by atoms with Gasteiger partial charge in [-0.15, -0.1) is 0 Å². The minimum atomic E-state index is 0.323. The van der Waals surface area contributed by atoms with Gasteiger partial charge >= 0.3 is 0 Å². The number of fused-ring (bicyclic) bond motifs is 1. The maximum Gasteiger partial charge on any atom is 0.190 e. The molecule has 0 bridgehead atoms. The number of hydrogen-bond acceptors (Lipinski definition) is 7. The predicted octanol–water partition coefficient (Wildman–Crippen LogP) is 5.29.